The van der Waals surface area contributed by atoms with Crippen molar-refractivity contribution in [2.75, 3.05) is 13.1 Å². The molecular weight excluding hydrogens is 188 g/mol. The summed E-state index contributed by atoms with van der Waals surface area (Å²) in [5.74, 6) is 0.169. The third kappa shape index (κ3) is 3.82. The lowest BCUT2D eigenvalue weighted by Gasteiger charge is -2.42. The first-order valence-electron chi connectivity index (χ1n) is 6.19. The van der Waals surface area contributed by atoms with Gasteiger partial charge in [-0.1, -0.05) is 19.8 Å². The van der Waals surface area contributed by atoms with Crippen LogP contribution < -0.4 is 11.1 Å². The first-order chi connectivity index (χ1) is 7.22. The maximum atomic E-state index is 11.4. The van der Waals surface area contributed by atoms with Gasteiger partial charge in [-0.3, -0.25) is 4.79 Å². The Balaban J connectivity index is 2.19. The maximum absolute atomic E-state index is 11.4. The Morgan fingerprint density at radius 2 is 2.20 bits per heavy atom. The molecule has 3 heteroatoms. The first-order valence-corrected chi connectivity index (χ1v) is 6.19. The van der Waals surface area contributed by atoms with Gasteiger partial charge >= 0.3 is 0 Å². The van der Waals surface area contributed by atoms with Gasteiger partial charge in [0.2, 0.25) is 5.91 Å². The van der Waals surface area contributed by atoms with Crippen LogP contribution in [0.25, 0.3) is 0 Å². The maximum Gasteiger partial charge on any atom is 0.220 e. The Morgan fingerprint density at radius 3 is 2.67 bits per heavy atom. The predicted molar refractivity (Wildman–Crippen MR) is 62.5 cm³/mol. The van der Waals surface area contributed by atoms with Crippen molar-refractivity contribution >= 4 is 5.91 Å². The smallest absolute Gasteiger partial charge is 0.220 e. The molecule has 0 spiro atoms. The molecule has 3 N–H and O–H groups in total. The largest absolute Gasteiger partial charge is 0.356 e. The summed E-state index contributed by atoms with van der Waals surface area (Å²) < 4.78 is 0. The zero-order valence-corrected chi connectivity index (χ0v) is 9.85. The molecule has 0 atom stereocenters. The minimum atomic E-state index is 0.169. The lowest BCUT2D eigenvalue weighted by Crippen LogP contribution is -2.42. The average Bonchev–Trinajstić information content (AvgIpc) is 2.18. The third-order valence-corrected chi connectivity index (χ3v) is 3.46. The van der Waals surface area contributed by atoms with Gasteiger partial charge in [0.15, 0.2) is 0 Å². The summed E-state index contributed by atoms with van der Waals surface area (Å²) in [5.41, 5.74) is 5.80. The zero-order chi connectivity index (χ0) is 11.1. The molecule has 0 aromatic rings. The quantitative estimate of drug-likeness (QED) is 0.676. The summed E-state index contributed by atoms with van der Waals surface area (Å²) in [6.45, 7) is 3.70. The van der Waals surface area contributed by atoms with E-state index in [1.54, 1.807) is 0 Å². The van der Waals surface area contributed by atoms with E-state index in [0.29, 0.717) is 18.4 Å². The molecule has 1 amide bonds. The van der Waals surface area contributed by atoms with Gasteiger partial charge in [0.1, 0.15) is 0 Å². The normalized spacial score (nSPS) is 18.3. The number of nitrogens with one attached hydrogen (secondary N) is 1. The van der Waals surface area contributed by atoms with E-state index in [0.717, 1.165) is 13.0 Å². The van der Waals surface area contributed by atoms with E-state index in [9.17, 15) is 4.79 Å². The van der Waals surface area contributed by atoms with Gasteiger partial charge in [-0.25, -0.2) is 0 Å². The van der Waals surface area contributed by atoms with Gasteiger partial charge in [0.25, 0.3) is 0 Å². The fourth-order valence-corrected chi connectivity index (χ4v) is 2.36. The van der Waals surface area contributed by atoms with Crippen molar-refractivity contribution in [3.05, 3.63) is 0 Å². The third-order valence-electron chi connectivity index (χ3n) is 3.46. The van der Waals surface area contributed by atoms with Gasteiger partial charge < -0.3 is 11.1 Å². The van der Waals surface area contributed by atoms with Gasteiger partial charge in [-0.05, 0) is 37.6 Å². The minimum Gasteiger partial charge on any atom is -0.356 e. The number of amides is 1. The molecule has 0 aromatic carbocycles. The summed E-state index contributed by atoms with van der Waals surface area (Å²) in [5, 5.41) is 3.05. The van der Waals surface area contributed by atoms with Gasteiger partial charge in [-0.2, -0.15) is 0 Å². The summed E-state index contributed by atoms with van der Waals surface area (Å²) in [6.07, 6.45) is 7.77. The molecule has 0 heterocycles. The van der Waals surface area contributed by atoms with Crippen molar-refractivity contribution in [2.24, 2.45) is 11.1 Å². The molecule has 3 nitrogen and oxygen atoms in total. The second-order valence-electron chi connectivity index (χ2n) is 4.77. The molecule has 88 valence electrons. The number of rotatable bonds is 7. The van der Waals surface area contributed by atoms with Gasteiger partial charge in [0.05, 0.1) is 0 Å². The number of carbonyl (C=O) groups is 1. The fourth-order valence-electron chi connectivity index (χ4n) is 2.36. The van der Waals surface area contributed by atoms with Crippen molar-refractivity contribution < 1.29 is 4.79 Å². The Bertz CT molecular complexity index is 200. The van der Waals surface area contributed by atoms with Crippen molar-refractivity contribution in [3.8, 4) is 0 Å². The summed E-state index contributed by atoms with van der Waals surface area (Å²) >= 11 is 0. The lowest BCUT2D eigenvalue weighted by atomic mass is 9.66. The van der Waals surface area contributed by atoms with Crippen LogP contribution in [0.5, 0.6) is 0 Å². The molecule has 15 heavy (non-hydrogen) atoms. The molecule has 0 saturated heterocycles. The molecule has 0 radical (unpaired) electrons. The van der Waals surface area contributed by atoms with Crippen LogP contribution in [0, 0.1) is 5.41 Å². The zero-order valence-electron chi connectivity index (χ0n) is 9.85. The van der Waals surface area contributed by atoms with Crippen LogP contribution in [-0.2, 0) is 4.79 Å². The fraction of sp³-hybridized carbons (Fsp3) is 0.917. The van der Waals surface area contributed by atoms with Crippen LogP contribution >= 0.6 is 0 Å². The SMILES string of the molecule is CCCC1(CNC(=O)CCCN)CCC1. The molecule has 0 aromatic heterocycles. The summed E-state index contributed by atoms with van der Waals surface area (Å²) in [4.78, 5) is 11.4. The monoisotopic (exact) mass is 212 g/mol. The Morgan fingerprint density at radius 1 is 1.47 bits per heavy atom. The molecule has 1 saturated carbocycles. The lowest BCUT2D eigenvalue weighted by molar-refractivity contribution is -0.122. The second kappa shape index (κ2) is 6.11. The van der Waals surface area contributed by atoms with Crippen LogP contribution in [0.3, 0.4) is 0 Å². The van der Waals surface area contributed by atoms with E-state index >= 15 is 0 Å². The van der Waals surface area contributed by atoms with Crippen LogP contribution in [0.2, 0.25) is 0 Å². The Hall–Kier alpha value is -0.570. The van der Waals surface area contributed by atoms with E-state index in [1.165, 1.54) is 32.1 Å². The Kier molecular flexibility index (Phi) is 5.09. The highest BCUT2D eigenvalue weighted by atomic mass is 16.1. The van der Waals surface area contributed by atoms with Crippen molar-refractivity contribution in [1.29, 1.82) is 0 Å². The molecule has 1 fully saturated rings. The average molecular weight is 212 g/mol. The van der Waals surface area contributed by atoms with E-state index < -0.39 is 0 Å². The van der Waals surface area contributed by atoms with Crippen LogP contribution in [0.4, 0.5) is 0 Å². The number of hydrogen-bond acceptors (Lipinski definition) is 2. The molecule has 0 aliphatic heterocycles. The highest BCUT2D eigenvalue weighted by Gasteiger charge is 2.35. The van der Waals surface area contributed by atoms with Crippen molar-refractivity contribution in [2.45, 2.75) is 51.9 Å². The summed E-state index contributed by atoms with van der Waals surface area (Å²) in [7, 11) is 0. The van der Waals surface area contributed by atoms with Crippen molar-refractivity contribution in [1.82, 2.24) is 5.32 Å². The van der Waals surface area contributed by atoms with E-state index in [2.05, 4.69) is 12.2 Å². The molecular formula is C12H24N2O. The topological polar surface area (TPSA) is 55.1 Å². The van der Waals surface area contributed by atoms with E-state index in [-0.39, 0.29) is 5.91 Å². The molecule has 1 rings (SSSR count). The molecule has 1 aliphatic carbocycles. The minimum absolute atomic E-state index is 0.169. The molecule has 0 unspecified atom stereocenters. The highest BCUT2D eigenvalue weighted by molar-refractivity contribution is 5.75. The van der Waals surface area contributed by atoms with Gasteiger partial charge in [-0.15, -0.1) is 0 Å². The first kappa shape index (κ1) is 12.5. The predicted octanol–water partition coefficient (Wildman–Crippen LogP) is 1.81. The van der Waals surface area contributed by atoms with Crippen LogP contribution in [-0.4, -0.2) is 19.0 Å². The molecule has 1 aliphatic rings. The number of nitrogens with two attached hydrogens (primary N) is 1. The number of hydrogen-bond donors (Lipinski definition) is 2. The van der Waals surface area contributed by atoms with Crippen LogP contribution in [0.1, 0.15) is 51.9 Å². The second-order valence-corrected chi connectivity index (χ2v) is 4.77. The standard InChI is InChI=1S/C12H24N2O/c1-2-6-12(7-4-8-12)10-14-11(15)5-3-9-13/h2-10,13H2,1H3,(H,14,15). The summed E-state index contributed by atoms with van der Waals surface area (Å²) in [6, 6.07) is 0. The van der Waals surface area contributed by atoms with E-state index in [4.69, 9.17) is 5.73 Å². The van der Waals surface area contributed by atoms with Gasteiger partial charge in [0, 0.05) is 13.0 Å². The number of carbonyl (C=O) groups excluding carboxylic acids is 1. The van der Waals surface area contributed by atoms with E-state index in [1.807, 2.05) is 0 Å². The molecule has 0 bridgehead atoms. The highest BCUT2D eigenvalue weighted by Crippen LogP contribution is 2.44. The van der Waals surface area contributed by atoms with Crippen molar-refractivity contribution in [3.63, 3.8) is 0 Å². The Labute approximate surface area is 92.8 Å². The van der Waals surface area contributed by atoms with Crippen LogP contribution in [0.15, 0.2) is 0 Å².